The molecule has 1 heterocycles. The Morgan fingerprint density at radius 2 is 2.23 bits per heavy atom. The molecule has 0 bridgehead atoms. The number of rotatable bonds is 2. The molecule has 1 rings (SSSR count). The van der Waals surface area contributed by atoms with Crippen LogP contribution in [0.1, 0.15) is 28.0 Å². The number of carbonyl (C=O) groups is 1. The minimum atomic E-state index is -2.71. The van der Waals surface area contributed by atoms with Crippen molar-refractivity contribution in [2.24, 2.45) is 0 Å². The second-order valence-electron chi connectivity index (χ2n) is 2.45. The fourth-order valence-electron chi connectivity index (χ4n) is 0.896. The number of aldehydes is 1. The summed E-state index contributed by atoms with van der Waals surface area (Å²) in [6.45, 7) is 1.53. The van der Waals surface area contributed by atoms with Gasteiger partial charge in [0.25, 0.3) is 6.43 Å². The fourth-order valence-corrected chi connectivity index (χ4v) is 1.21. The number of aromatic nitrogens is 1. The predicted molar refractivity (Wildman–Crippen MR) is 44.3 cm³/mol. The van der Waals surface area contributed by atoms with E-state index in [-0.39, 0.29) is 10.6 Å². The molecular weight excluding hydrogens is 200 g/mol. The number of aryl methyl sites for hydroxylation is 1. The molecule has 1 aromatic rings. The topological polar surface area (TPSA) is 30.0 Å². The van der Waals surface area contributed by atoms with Crippen LogP contribution in [0.3, 0.4) is 0 Å². The minimum absolute atomic E-state index is 0.0273. The number of hydrogen-bond acceptors (Lipinski definition) is 2. The minimum Gasteiger partial charge on any atom is -0.298 e. The molecule has 0 aliphatic carbocycles. The van der Waals surface area contributed by atoms with Gasteiger partial charge in [0.1, 0.15) is 0 Å². The molecule has 0 atom stereocenters. The highest BCUT2D eigenvalue weighted by Gasteiger charge is 2.16. The van der Waals surface area contributed by atoms with Crippen LogP contribution in [0.4, 0.5) is 8.78 Å². The highest BCUT2D eigenvalue weighted by Crippen LogP contribution is 2.29. The van der Waals surface area contributed by atoms with Crippen molar-refractivity contribution in [2.45, 2.75) is 13.3 Å². The number of hydrogen-bond donors (Lipinski definition) is 0. The van der Waals surface area contributed by atoms with E-state index in [4.69, 9.17) is 11.6 Å². The standard InChI is InChI=1S/C8H6ClF2NO/c1-4-6(3-13)7(9)5(2-12-4)8(10)11/h2-3,8H,1H3. The van der Waals surface area contributed by atoms with E-state index in [1.165, 1.54) is 6.92 Å². The number of alkyl halides is 2. The van der Waals surface area contributed by atoms with Crippen LogP contribution in [0.25, 0.3) is 0 Å². The SMILES string of the molecule is Cc1ncc(C(F)F)c(Cl)c1C=O. The summed E-state index contributed by atoms with van der Waals surface area (Å²) in [5, 5.41) is -0.211. The molecule has 0 unspecified atom stereocenters. The maximum absolute atomic E-state index is 12.2. The lowest BCUT2D eigenvalue weighted by Crippen LogP contribution is -1.97. The Labute approximate surface area is 78.5 Å². The van der Waals surface area contributed by atoms with Gasteiger partial charge in [-0.1, -0.05) is 11.6 Å². The van der Waals surface area contributed by atoms with Crippen molar-refractivity contribution in [3.05, 3.63) is 28.0 Å². The van der Waals surface area contributed by atoms with Gasteiger partial charge in [0.2, 0.25) is 0 Å². The Kier molecular flexibility index (Phi) is 2.93. The van der Waals surface area contributed by atoms with Crippen molar-refractivity contribution in [1.82, 2.24) is 4.98 Å². The van der Waals surface area contributed by atoms with Crippen LogP contribution < -0.4 is 0 Å². The fraction of sp³-hybridized carbons (Fsp3) is 0.250. The van der Waals surface area contributed by atoms with Crippen molar-refractivity contribution < 1.29 is 13.6 Å². The van der Waals surface area contributed by atoms with Crippen molar-refractivity contribution in [2.75, 3.05) is 0 Å². The molecule has 1 aromatic heterocycles. The summed E-state index contributed by atoms with van der Waals surface area (Å²) in [4.78, 5) is 14.1. The smallest absolute Gasteiger partial charge is 0.266 e. The number of nitrogens with zero attached hydrogens (tertiary/aromatic N) is 1. The first-order valence-electron chi connectivity index (χ1n) is 3.46. The van der Waals surface area contributed by atoms with Crippen LogP contribution in [0.2, 0.25) is 5.02 Å². The Morgan fingerprint density at radius 3 is 2.69 bits per heavy atom. The lowest BCUT2D eigenvalue weighted by atomic mass is 10.1. The first-order chi connectivity index (χ1) is 6.07. The van der Waals surface area contributed by atoms with Gasteiger partial charge in [-0.2, -0.15) is 0 Å². The summed E-state index contributed by atoms with van der Waals surface area (Å²) in [7, 11) is 0. The average Bonchev–Trinajstić information content (AvgIpc) is 2.04. The molecule has 0 saturated carbocycles. The summed E-state index contributed by atoms with van der Waals surface area (Å²) < 4.78 is 24.5. The third-order valence-electron chi connectivity index (χ3n) is 1.63. The second kappa shape index (κ2) is 3.79. The molecule has 0 saturated heterocycles. The molecular formula is C8H6ClF2NO. The zero-order chi connectivity index (χ0) is 10.0. The normalized spacial score (nSPS) is 10.5. The van der Waals surface area contributed by atoms with Gasteiger partial charge in [0, 0.05) is 11.9 Å². The molecule has 0 fully saturated rings. The first kappa shape index (κ1) is 10.1. The van der Waals surface area contributed by atoms with E-state index in [1.807, 2.05) is 0 Å². The van der Waals surface area contributed by atoms with Gasteiger partial charge in [-0.3, -0.25) is 9.78 Å². The van der Waals surface area contributed by atoms with Crippen LogP contribution >= 0.6 is 11.6 Å². The summed E-state index contributed by atoms with van der Waals surface area (Å²) in [6.07, 6.45) is -1.30. The Hall–Kier alpha value is -1.03. The van der Waals surface area contributed by atoms with Crippen molar-refractivity contribution in [3.63, 3.8) is 0 Å². The van der Waals surface area contributed by atoms with Gasteiger partial charge < -0.3 is 0 Å². The van der Waals surface area contributed by atoms with Crippen LogP contribution in [0, 0.1) is 6.92 Å². The molecule has 0 spiro atoms. The predicted octanol–water partition coefficient (Wildman–Crippen LogP) is 2.79. The summed E-state index contributed by atoms with van der Waals surface area (Å²) in [6, 6.07) is 0. The van der Waals surface area contributed by atoms with E-state index < -0.39 is 12.0 Å². The monoisotopic (exact) mass is 205 g/mol. The summed E-state index contributed by atoms with van der Waals surface area (Å²) >= 11 is 5.56. The molecule has 0 radical (unpaired) electrons. The van der Waals surface area contributed by atoms with Crippen LogP contribution in [0.5, 0.6) is 0 Å². The zero-order valence-electron chi connectivity index (χ0n) is 6.72. The summed E-state index contributed by atoms with van der Waals surface area (Å²) in [5.74, 6) is 0. The molecule has 5 heteroatoms. The van der Waals surface area contributed by atoms with E-state index in [0.717, 1.165) is 6.20 Å². The molecule has 2 nitrogen and oxygen atoms in total. The quantitative estimate of drug-likeness (QED) is 0.695. The number of carbonyl (C=O) groups excluding carboxylic acids is 1. The molecule has 0 amide bonds. The maximum atomic E-state index is 12.2. The van der Waals surface area contributed by atoms with E-state index in [2.05, 4.69) is 4.98 Å². The lowest BCUT2D eigenvalue weighted by Gasteiger charge is -2.05. The third-order valence-corrected chi connectivity index (χ3v) is 2.05. The van der Waals surface area contributed by atoms with E-state index in [9.17, 15) is 13.6 Å². The van der Waals surface area contributed by atoms with Gasteiger partial charge in [-0.15, -0.1) is 0 Å². The molecule has 0 aliphatic heterocycles. The van der Waals surface area contributed by atoms with Crippen molar-refractivity contribution in [1.29, 1.82) is 0 Å². The first-order valence-corrected chi connectivity index (χ1v) is 3.84. The molecule has 13 heavy (non-hydrogen) atoms. The van der Waals surface area contributed by atoms with Gasteiger partial charge in [0.15, 0.2) is 6.29 Å². The molecule has 0 aromatic carbocycles. The van der Waals surface area contributed by atoms with E-state index in [0.29, 0.717) is 12.0 Å². The highest BCUT2D eigenvalue weighted by atomic mass is 35.5. The average molecular weight is 206 g/mol. The van der Waals surface area contributed by atoms with Gasteiger partial charge in [-0.25, -0.2) is 8.78 Å². The number of pyridine rings is 1. The zero-order valence-corrected chi connectivity index (χ0v) is 7.48. The highest BCUT2D eigenvalue weighted by molar-refractivity contribution is 6.33. The van der Waals surface area contributed by atoms with Gasteiger partial charge in [0.05, 0.1) is 16.1 Å². The number of halogens is 3. The Morgan fingerprint density at radius 1 is 1.62 bits per heavy atom. The second-order valence-corrected chi connectivity index (χ2v) is 2.82. The van der Waals surface area contributed by atoms with Gasteiger partial charge >= 0.3 is 0 Å². The largest absolute Gasteiger partial charge is 0.298 e. The van der Waals surface area contributed by atoms with Gasteiger partial charge in [-0.05, 0) is 6.92 Å². The lowest BCUT2D eigenvalue weighted by molar-refractivity contribution is 0.112. The van der Waals surface area contributed by atoms with Crippen LogP contribution in [0.15, 0.2) is 6.20 Å². The summed E-state index contributed by atoms with van der Waals surface area (Å²) in [5.41, 5.74) is -0.0294. The molecule has 0 N–H and O–H groups in total. The van der Waals surface area contributed by atoms with Crippen molar-refractivity contribution >= 4 is 17.9 Å². The maximum Gasteiger partial charge on any atom is 0.266 e. The van der Waals surface area contributed by atoms with Crippen LogP contribution in [-0.2, 0) is 0 Å². The Balaban J connectivity index is 3.35. The third kappa shape index (κ3) is 1.83. The molecule has 70 valence electrons. The molecule has 0 aliphatic rings. The van der Waals surface area contributed by atoms with Crippen LogP contribution in [-0.4, -0.2) is 11.3 Å². The van der Waals surface area contributed by atoms with Crippen molar-refractivity contribution in [3.8, 4) is 0 Å². The Bertz CT molecular complexity index is 341. The van der Waals surface area contributed by atoms with E-state index in [1.54, 1.807) is 0 Å². The van der Waals surface area contributed by atoms with E-state index >= 15 is 0 Å².